The first-order valence-corrected chi connectivity index (χ1v) is 20.3. The Balaban J connectivity index is 0.000000254. The number of benzene rings is 2. The van der Waals surface area contributed by atoms with Crippen molar-refractivity contribution in [2.45, 2.75) is 49.9 Å². The molecule has 4 atom stereocenters. The molecule has 2 unspecified atom stereocenters. The Morgan fingerprint density at radius 3 is 1.29 bits per heavy atom. The van der Waals surface area contributed by atoms with Gasteiger partial charge in [0.25, 0.3) is 22.9 Å². The average molecular weight is 947 g/mol. The van der Waals surface area contributed by atoms with Crippen molar-refractivity contribution in [1.82, 2.24) is 30.6 Å². The molecule has 2 aromatic heterocycles. The molecule has 0 aliphatic carbocycles. The number of carbonyl (C=O) groups is 8. The predicted molar refractivity (Wildman–Crippen MR) is 242 cm³/mol. The van der Waals surface area contributed by atoms with Crippen LogP contribution in [0.5, 0.6) is 0 Å². The van der Waals surface area contributed by atoms with Gasteiger partial charge in [0, 0.05) is 61.5 Å². The standard InChI is InChI=1S/2C20H23N7O7/c2*21-20-25-16-15(18(32)26-20)27(9-28)12(8-23-16)7-22-11-3-1-10(2-4-11)17(31)24-13(19(33)34)5-6-14(29)30/h2*1-4,9,12-13,22H,5-8H2,(H,24,31)(H,29,30)(H,33,34)(H4,21,23,25,26,32)/t2*12?,13-/m00/s1. The van der Waals surface area contributed by atoms with Crippen molar-refractivity contribution in [1.29, 1.82) is 0 Å². The van der Waals surface area contributed by atoms with E-state index in [1.807, 2.05) is 0 Å². The number of aromatic nitrogens is 4. The van der Waals surface area contributed by atoms with E-state index in [2.05, 4.69) is 51.8 Å². The molecular formula is C40H46N14O14. The summed E-state index contributed by atoms with van der Waals surface area (Å²) in [4.78, 5) is 131. The summed E-state index contributed by atoms with van der Waals surface area (Å²) >= 11 is 0. The number of fused-ring (bicyclic) bond motifs is 2. The van der Waals surface area contributed by atoms with E-state index < -0.39 is 83.8 Å². The second-order valence-electron chi connectivity index (χ2n) is 14.9. The van der Waals surface area contributed by atoms with Crippen LogP contribution in [0.2, 0.25) is 0 Å². The van der Waals surface area contributed by atoms with Crippen LogP contribution >= 0.6 is 0 Å². The fourth-order valence-corrected chi connectivity index (χ4v) is 6.79. The predicted octanol–water partition coefficient (Wildman–Crippen LogP) is -1.46. The minimum Gasteiger partial charge on any atom is -0.481 e. The van der Waals surface area contributed by atoms with Crippen LogP contribution in [0.3, 0.4) is 0 Å². The number of carbonyl (C=O) groups excluding carboxylic acids is 4. The molecule has 0 bridgehead atoms. The van der Waals surface area contributed by atoms with E-state index in [4.69, 9.17) is 21.7 Å². The van der Waals surface area contributed by atoms with Crippen LogP contribution in [-0.2, 0) is 28.8 Å². The second kappa shape index (κ2) is 22.6. The van der Waals surface area contributed by atoms with Crippen LogP contribution in [0.15, 0.2) is 58.1 Å². The van der Waals surface area contributed by atoms with Crippen LogP contribution in [-0.4, -0.2) is 139 Å². The molecule has 6 rings (SSSR count). The number of hydrogen-bond donors (Lipinski definition) is 14. The Labute approximate surface area is 382 Å². The first kappa shape index (κ1) is 49.8. The van der Waals surface area contributed by atoms with Crippen LogP contribution in [0, 0.1) is 0 Å². The van der Waals surface area contributed by atoms with Crippen LogP contribution < -0.4 is 64.3 Å². The van der Waals surface area contributed by atoms with E-state index >= 15 is 0 Å². The summed E-state index contributed by atoms with van der Waals surface area (Å²) in [5.41, 5.74) is 11.7. The number of amides is 4. The summed E-state index contributed by atoms with van der Waals surface area (Å²) in [7, 11) is 0. The molecule has 0 saturated carbocycles. The van der Waals surface area contributed by atoms with Gasteiger partial charge < -0.3 is 73.6 Å². The van der Waals surface area contributed by atoms with E-state index in [1.165, 1.54) is 34.1 Å². The maximum atomic E-state index is 12.3. The van der Waals surface area contributed by atoms with Gasteiger partial charge in [-0.3, -0.25) is 48.3 Å². The molecule has 4 heterocycles. The van der Waals surface area contributed by atoms with Crippen molar-refractivity contribution in [2.24, 2.45) is 0 Å². The highest BCUT2D eigenvalue weighted by atomic mass is 16.4. The lowest BCUT2D eigenvalue weighted by atomic mass is 10.1. The Morgan fingerprint density at radius 2 is 0.985 bits per heavy atom. The molecule has 0 fully saturated rings. The fraction of sp³-hybridized carbons (Fsp3) is 0.300. The average Bonchev–Trinajstić information content (AvgIpc) is 3.29. The monoisotopic (exact) mass is 946 g/mol. The normalized spacial score (nSPS) is 15.4. The molecule has 68 heavy (non-hydrogen) atoms. The number of hydrogen-bond acceptors (Lipinski definition) is 18. The van der Waals surface area contributed by atoms with Crippen molar-refractivity contribution in [3.63, 3.8) is 0 Å². The summed E-state index contributed by atoms with van der Waals surface area (Å²) in [5.74, 6) is -6.01. The van der Waals surface area contributed by atoms with Crippen LogP contribution in [0.1, 0.15) is 46.4 Å². The largest absolute Gasteiger partial charge is 0.481 e. The first-order valence-electron chi connectivity index (χ1n) is 20.3. The van der Waals surface area contributed by atoms with E-state index in [-0.39, 0.29) is 72.0 Å². The molecule has 2 aliphatic heterocycles. The summed E-state index contributed by atoms with van der Waals surface area (Å²) in [6.07, 6.45) is -0.202. The lowest BCUT2D eigenvalue weighted by Crippen LogP contribution is -2.50. The van der Waals surface area contributed by atoms with Crippen molar-refractivity contribution in [3.8, 4) is 0 Å². The zero-order chi connectivity index (χ0) is 49.7. The summed E-state index contributed by atoms with van der Waals surface area (Å²) in [6, 6.07) is 8.73. The molecule has 4 amide bonds. The van der Waals surface area contributed by atoms with Crippen molar-refractivity contribution in [2.75, 3.05) is 68.7 Å². The first-order chi connectivity index (χ1) is 32.4. The molecule has 360 valence electrons. The number of nitrogens with zero attached hydrogens (tertiary/aromatic N) is 4. The Hall–Kier alpha value is -9.24. The molecule has 0 radical (unpaired) electrons. The van der Waals surface area contributed by atoms with Gasteiger partial charge >= 0.3 is 23.9 Å². The molecule has 4 aromatic rings. The molecule has 2 aromatic carbocycles. The molecule has 28 heteroatoms. The van der Waals surface area contributed by atoms with Gasteiger partial charge in [-0.2, -0.15) is 9.97 Å². The maximum Gasteiger partial charge on any atom is 0.326 e. The highest BCUT2D eigenvalue weighted by Gasteiger charge is 2.31. The van der Waals surface area contributed by atoms with Crippen molar-refractivity contribution < 1.29 is 58.8 Å². The van der Waals surface area contributed by atoms with Gasteiger partial charge in [0.05, 0.1) is 12.1 Å². The van der Waals surface area contributed by atoms with Gasteiger partial charge in [-0.05, 0) is 61.4 Å². The number of carboxylic acids is 4. The molecule has 0 spiro atoms. The quantitative estimate of drug-likeness (QED) is 0.0450. The van der Waals surface area contributed by atoms with E-state index in [0.29, 0.717) is 37.3 Å². The molecule has 0 saturated heterocycles. The van der Waals surface area contributed by atoms with E-state index in [9.17, 15) is 58.2 Å². The number of anilines is 8. The van der Waals surface area contributed by atoms with Gasteiger partial charge in [0.2, 0.25) is 24.7 Å². The van der Waals surface area contributed by atoms with Gasteiger partial charge in [0.15, 0.2) is 23.0 Å². The maximum absolute atomic E-state index is 12.3. The van der Waals surface area contributed by atoms with Gasteiger partial charge in [-0.1, -0.05) is 0 Å². The molecule has 2 aliphatic rings. The topological polar surface area (TPSA) is 440 Å². The highest BCUT2D eigenvalue weighted by molar-refractivity contribution is 5.98. The van der Waals surface area contributed by atoms with Gasteiger partial charge in [0.1, 0.15) is 12.1 Å². The van der Waals surface area contributed by atoms with Crippen molar-refractivity contribution >= 4 is 94.8 Å². The summed E-state index contributed by atoms with van der Waals surface area (Å²) < 4.78 is 0. The third kappa shape index (κ3) is 12.9. The number of rotatable bonds is 20. The molecule has 16 N–H and O–H groups in total. The Bertz CT molecular complexity index is 2480. The number of nitrogens with two attached hydrogens (primary N) is 2. The minimum absolute atomic E-state index is 0.0603. The highest BCUT2D eigenvalue weighted by Crippen LogP contribution is 2.27. The number of carboxylic acid groups (broad SMARTS) is 4. The Kier molecular flexibility index (Phi) is 16.5. The third-order valence-electron chi connectivity index (χ3n) is 10.2. The summed E-state index contributed by atoms with van der Waals surface area (Å²) in [5, 5.41) is 52.5. The molecular weight excluding hydrogens is 901 g/mol. The minimum atomic E-state index is -1.33. The van der Waals surface area contributed by atoms with Gasteiger partial charge in [-0.25, -0.2) is 9.59 Å². The number of nitrogens with one attached hydrogen (secondary N) is 8. The van der Waals surface area contributed by atoms with E-state index in [0.717, 1.165) is 0 Å². The van der Waals surface area contributed by atoms with Gasteiger partial charge in [-0.15, -0.1) is 0 Å². The lowest BCUT2D eigenvalue weighted by molar-refractivity contribution is -0.142. The number of aromatic amines is 2. The number of aliphatic carboxylic acids is 4. The molecule has 28 nitrogen and oxygen atoms in total. The number of H-pyrrole nitrogens is 2. The number of nitrogen functional groups attached to an aromatic ring is 2. The van der Waals surface area contributed by atoms with Crippen molar-refractivity contribution in [3.05, 3.63) is 80.4 Å². The summed E-state index contributed by atoms with van der Waals surface area (Å²) in [6.45, 7) is 1.14. The Morgan fingerprint density at radius 1 is 0.632 bits per heavy atom. The third-order valence-corrected chi connectivity index (χ3v) is 10.2. The smallest absolute Gasteiger partial charge is 0.326 e. The van der Waals surface area contributed by atoms with E-state index in [1.54, 1.807) is 24.3 Å². The second-order valence-corrected chi connectivity index (χ2v) is 14.9. The fourth-order valence-electron chi connectivity index (χ4n) is 6.79. The SMILES string of the molecule is Nc1nc2c(c(=O)[nH]1)N(C=O)C(CNc1ccc(C(=O)N[C@@H](CCC(=O)O)C(=O)O)cc1)CN2.Nc1nc2c(c(=O)[nH]1)N(C=O)C(CNc1ccc(C(=O)N[C@@H](CCC(=O)O)C(=O)O)cc1)CN2. The zero-order valence-corrected chi connectivity index (χ0v) is 35.6. The zero-order valence-electron chi connectivity index (χ0n) is 35.6. The van der Waals surface area contributed by atoms with Crippen LogP contribution in [0.25, 0.3) is 0 Å². The lowest BCUT2D eigenvalue weighted by Gasteiger charge is -2.34. The van der Waals surface area contributed by atoms with Crippen LogP contribution in [0.4, 0.5) is 46.3 Å².